The van der Waals surface area contributed by atoms with Crippen molar-refractivity contribution in [3.8, 4) is 5.69 Å². The number of benzene rings is 1. The molecule has 3 heterocycles. The zero-order valence-corrected chi connectivity index (χ0v) is 14.3. The molecule has 0 aliphatic carbocycles. The summed E-state index contributed by atoms with van der Waals surface area (Å²) in [6, 6.07) is 7.95. The van der Waals surface area contributed by atoms with Gasteiger partial charge in [0.15, 0.2) is 0 Å². The van der Waals surface area contributed by atoms with Gasteiger partial charge in [-0.2, -0.15) is 5.10 Å². The number of rotatable bonds is 3. The summed E-state index contributed by atoms with van der Waals surface area (Å²) >= 11 is 6.17. The van der Waals surface area contributed by atoms with Crippen LogP contribution in [0.1, 0.15) is 36.9 Å². The molecule has 4 rings (SSSR count). The molecule has 122 valence electrons. The van der Waals surface area contributed by atoms with Gasteiger partial charge in [0.25, 0.3) is 0 Å². The number of aromatic nitrogens is 2. The van der Waals surface area contributed by atoms with Crippen LogP contribution in [0.5, 0.6) is 0 Å². The van der Waals surface area contributed by atoms with E-state index in [1.165, 1.54) is 43.0 Å². The monoisotopic (exact) mass is 330 g/mol. The highest BCUT2D eigenvalue weighted by atomic mass is 35.5. The first-order valence-electron chi connectivity index (χ1n) is 8.60. The fourth-order valence-electron chi connectivity index (χ4n) is 3.85. The lowest BCUT2D eigenvalue weighted by molar-refractivity contribution is 0.220. The number of fused-ring (bicyclic) bond motifs is 1. The van der Waals surface area contributed by atoms with E-state index in [9.17, 15) is 0 Å². The molecule has 1 aromatic heterocycles. The van der Waals surface area contributed by atoms with Gasteiger partial charge in [-0.05, 0) is 57.1 Å². The van der Waals surface area contributed by atoms with Crippen molar-refractivity contribution in [3.63, 3.8) is 0 Å². The van der Waals surface area contributed by atoms with Gasteiger partial charge in [0.2, 0.25) is 0 Å². The molecular formula is C18H23ClN4. The van der Waals surface area contributed by atoms with Crippen LogP contribution in [0.4, 0.5) is 5.82 Å². The number of nitrogens with zero attached hydrogens (tertiary/aromatic N) is 3. The minimum atomic E-state index is 0.590. The van der Waals surface area contributed by atoms with Gasteiger partial charge in [0, 0.05) is 23.0 Å². The Kier molecular flexibility index (Phi) is 4.04. The number of piperidine rings is 1. The highest BCUT2D eigenvalue weighted by Gasteiger charge is 2.29. The van der Waals surface area contributed by atoms with E-state index < -0.39 is 0 Å². The number of likely N-dealkylation sites (tertiary alicyclic amines) is 1. The fourth-order valence-corrected chi connectivity index (χ4v) is 4.03. The summed E-state index contributed by atoms with van der Waals surface area (Å²) in [4.78, 5) is 2.53. The predicted molar refractivity (Wildman–Crippen MR) is 94.9 cm³/mol. The van der Waals surface area contributed by atoms with Gasteiger partial charge in [0.1, 0.15) is 5.82 Å². The quantitative estimate of drug-likeness (QED) is 0.931. The molecule has 23 heavy (non-hydrogen) atoms. The molecule has 0 radical (unpaired) electrons. The van der Waals surface area contributed by atoms with E-state index in [0.717, 1.165) is 30.2 Å². The third-order valence-electron chi connectivity index (χ3n) is 5.16. The second-order valence-electron chi connectivity index (χ2n) is 6.49. The molecule has 2 aliphatic rings. The Hall–Kier alpha value is -1.52. The van der Waals surface area contributed by atoms with Crippen molar-refractivity contribution < 1.29 is 0 Å². The molecule has 2 aromatic rings. The van der Waals surface area contributed by atoms with Crippen LogP contribution < -0.4 is 5.32 Å². The Balaban J connectivity index is 1.68. The molecule has 0 bridgehead atoms. The number of hydrogen-bond acceptors (Lipinski definition) is 3. The molecule has 0 saturated carbocycles. The number of halogens is 1. The van der Waals surface area contributed by atoms with Gasteiger partial charge in [0.05, 0.1) is 11.4 Å². The Bertz CT molecular complexity index is 701. The summed E-state index contributed by atoms with van der Waals surface area (Å²) in [7, 11) is 0. The molecule has 0 spiro atoms. The van der Waals surface area contributed by atoms with Gasteiger partial charge >= 0.3 is 0 Å². The summed E-state index contributed by atoms with van der Waals surface area (Å²) in [6.45, 7) is 6.79. The molecule has 1 fully saturated rings. The summed E-state index contributed by atoms with van der Waals surface area (Å²) in [5.41, 5.74) is 3.76. The smallest absolute Gasteiger partial charge is 0.133 e. The molecule has 4 nitrogen and oxygen atoms in total. The molecule has 0 unspecified atom stereocenters. The van der Waals surface area contributed by atoms with Crippen molar-refractivity contribution in [2.45, 2.75) is 32.1 Å². The minimum Gasteiger partial charge on any atom is -0.369 e. The highest BCUT2D eigenvalue weighted by Crippen LogP contribution is 2.37. The van der Waals surface area contributed by atoms with E-state index >= 15 is 0 Å². The van der Waals surface area contributed by atoms with E-state index in [1.807, 2.05) is 18.2 Å². The molecule has 2 aliphatic heterocycles. The summed E-state index contributed by atoms with van der Waals surface area (Å²) in [5, 5.41) is 9.26. The fraction of sp³-hybridized carbons (Fsp3) is 0.500. The predicted octanol–water partition coefficient (Wildman–Crippen LogP) is 3.69. The summed E-state index contributed by atoms with van der Waals surface area (Å²) in [5.74, 6) is 1.76. The number of nitrogens with one attached hydrogen (secondary N) is 1. The lowest BCUT2D eigenvalue weighted by atomic mass is 9.91. The van der Waals surface area contributed by atoms with Crippen molar-refractivity contribution >= 4 is 17.4 Å². The zero-order valence-electron chi connectivity index (χ0n) is 13.6. The average molecular weight is 331 g/mol. The normalized spacial score (nSPS) is 18.9. The molecule has 1 saturated heterocycles. The second-order valence-corrected chi connectivity index (χ2v) is 6.93. The van der Waals surface area contributed by atoms with Crippen molar-refractivity contribution in [2.24, 2.45) is 0 Å². The molecule has 0 atom stereocenters. The van der Waals surface area contributed by atoms with Crippen molar-refractivity contribution in [1.82, 2.24) is 14.7 Å². The van der Waals surface area contributed by atoms with E-state index in [2.05, 4.69) is 27.9 Å². The topological polar surface area (TPSA) is 33.1 Å². The SMILES string of the molecule is CCN1CCC(c2nn(-c3cccc(Cl)c3)c3c2CCN3)CC1. The largest absolute Gasteiger partial charge is 0.369 e. The van der Waals surface area contributed by atoms with E-state index in [1.54, 1.807) is 0 Å². The van der Waals surface area contributed by atoms with E-state index in [0.29, 0.717) is 5.92 Å². The number of hydrogen-bond donors (Lipinski definition) is 1. The minimum absolute atomic E-state index is 0.590. The van der Waals surface area contributed by atoms with Gasteiger partial charge in [-0.3, -0.25) is 0 Å². The molecule has 1 aromatic carbocycles. The van der Waals surface area contributed by atoms with Crippen LogP contribution in [-0.2, 0) is 6.42 Å². The maximum atomic E-state index is 6.17. The van der Waals surface area contributed by atoms with E-state index in [-0.39, 0.29) is 0 Å². The van der Waals surface area contributed by atoms with Gasteiger partial charge in [-0.1, -0.05) is 24.6 Å². The van der Waals surface area contributed by atoms with Gasteiger partial charge in [-0.15, -0.1) is 0 Å². The van der Waals surface area contributed by atoms with Crippen molar-refractivity contribution in [3.05, 3.63) is 40.5 Å². The lowest BCUT2D eigenvalue weighted by Gasteiger charge is -2.30. The van der Waals surface area contributed by atoms with Crippen LogP contribution in [0.2, 0.25) is 5.02 Å². The summed E-state index contributed by atoms with van der Waals surface area (Å²) in [6.07, 6.45) is 3.51. The first-order chi connectivity index (χ1) is 11.3. The average Bonchev–Trinajstić information content (AvgIpc) is 3.17. The summed E-state index contributed by atoms with van der Waals surface area (Å²) < 4.78 is 2.05. The Morgan fingerprint density at radius 2 is 2.13 bits per heavy atom. The zero-order chi connectivity index (χ0) is 15.8. The van der Waals surface area contributed by atoms with Crippen LogP contribution in [0, 0.1) is 0 Å². The molecule has 0 amide bonds. The second kappa shape index (κ2) is 6.17. The molecule has 5 heteroatoms. The Labute approximate surface area is 142 Å². The van der Waals surface area contributed by atoms with Crippen LogP contribution >= 0.6 is 11.6 Å². The first-order valence-corrected chi connectivity index (χ1v) is 8.98. The van der Waals surface area contributed by atoms with Crippen molar-refractivity contribution in [1.29, 1.82) is 0 Å². The Morgan fingerprint density at radius 1 is 1.30 bits per heavy atom. The maximum Gasteiger partial charge on any atom is 0.133 e. The van der Waals surface area contributed by atoms with Crippen LogP contribution in [0.25, 0.3) is 5.69 Å². The van der Waals surface area contributed by atoms with Gasteiger partial charge < -0.3 is 10.2 Å². The van der Waals surface area contributed by atoms with Crippen LogP contribution in [0.3, 0.4) is 0 Å². The van der Waals surface area contributed by atoms with Crippen LogP contribution in [-0.4, -0.2) is 40.9 Å². The lowest BCUT2D eigenvalue weighted by Crippen LogP contribution is -2.33. The first kappa shape index (κ1) is 15.0. The Morgan fingerprint density at radius 3 is 2.87 bits per heavy atom. The molecule has 1 N–H and O–H groups in total. The van der Waals surface area contributed by atoms with Gasteiger partial charge in [-0.25, -0.2) is 4.68 Å². The van der Waals surface area contributed by atoms with Crippen LogP contribution in [0.15, 0.2) is 24.3 Å². The third-order valence-corrected chi connectivity index (χ3v) is 5.39. The standard InChI is InChI=1S/C18H23ClN4/c1-2-22-10-7-13(8-11-22)17-16-6-9-20-18(16)23(21-17)15-5-3-4-14(19)12-15/h3-5,12-13,20H,2,6-11H2,1H3. The highest BCUT2D eigenvalue weighted by molar-refractivity contribution is 6.30. The third kappa shape index (κ3) is 2.74. The maximum absolute atomic E-state index is 6.17. The number of anilines is 1. The van der Waals surface area contributed by atoms with Crippen molar-refractivity contribution in [2.75, 3.05) is 31.5 Å². The van der Waals surface area contributed by atoms with E-state index in [4.69, 9.17) is 16.7 Å². The molecular weight excluding hydrogens is 308 g/mol.